The van der Waals surface area contributed by atoms with Gasteiger partial charge in [-0.15, -0.1) is 0 Å². The molecule has 0 atom stereocenters. The number of primary amides is 2. The molecule has 0 aliphatic heterocycles. The molecular weight excluding hydrogens is 408 g/mol. The maximum Gasteiger partial charge on any atom is 0.252 e. The number of benzene rings is 3. The van der Waals surface area contributed by atoms with Crippen LogP contribution < -0.4 is 22.1 Å². The molecule has 6 N–H and O–H groups in total. The van der Waals surface area contributed by atoms with Gasteiger partial charge in [0.25, 0.3) is 11.8 Å². The molecule has 3 aromatic rings. The van der Waals surface area contributed by atoms with Crippen molar-refractivity contribution in [1.82, 2.24) is 10.6 Å². The lowest BCUT2D eigenvalue weighted by molar-refractivity contribution is 0.0914. The van der Waals surface area contributed by atoms with Gasteiger partial charge in [0.05, 0.1) is 22.3 Å². The first-order chi connectivity index (χ1) is 15.4. The number of hydrogen-bond acceptors (Lipinski definition) is 4. The van der Waals surface area contributed by atoms with Gasteiger partial charge in [-0.2, -0.15) is 0 Å². The highest BCUT2D eigenvalue weighted by atomic mass is 16.2. The van der Waals surface area contributed by atoms with E-state index in [2.05, 4.69) is 10.6 Å². The van der Waals surface area contributed by atoms with Crippen LogP contribution in [-0.2, 0) is 13.1 Å². The fourth-order valence-corrected chi connectivity index (χ4v) is 3.13. The molecule has 0 aliphatic carbocycles. The van der Waals surface area contributed by atoms with Crippen molar-refractivity contribution in [2.75, 3.05) is 0 Å². The fraction of sp³-hybridized carbons (Fsp3) is 0.0833. The molecule has 0 fully saturated rings. The molecule has 4 amide bonds. The molecule has 0 unspecified atom stereocenters. The highest BCUT2D eigenvalue weighted by molar-refractivity contribution is 6.13. The Labute approximate surface area is 184 Å². The molecular formula is C24H22N4O4. The van der Waals surface area contributed by atoms with Gasteiger partial charge in [0, 0.05) is 13.1 Å². The van der Waals surface area contributed by atoms with Crippen LogP contribution in [0.4, 0.5) is 0 Å². The minimum Gasteiger partial charge on any atom is -0.366 e. The van der Waals surface area contributed by atoms with Crippen molar-refractivity contribution >= 4 is 23.6 Å². The predicted molar refractivity (Wildman–Crippen MR) is 119 cm³/mol. The summed E-state index contributed by atoms with van der Waals surface area (Å²) in [7, 11) is 0. The summed E-state index contributed by atoms with van der Waals surface area (Å²) >= 11 is 0. The molecule has 0 aromatic heterocycles. The average Bonchev–Trinajstić information content (AvgIpc) is 2.81. The Morgan fingerprint density at radius 1 is 0.562 bits per heavy atom. The summed E-state index contributed by atoms with van der Waals surface area (Å²) in [5.41, 5.74) is 11.8. The van der Waals surface area contributed by atoms with Gasteiger partial charge >= 0.3 is 0 Å². The van der Waals surface area contributed by atoms with E-state index < -0.39 is 23.6 Å². The van der Waals surface area contributed by atoms with Crippen LogP contribution >= 0.6 is 0 Å². The number of carbonyl (C=O) groups is 4. The van der Waals surface area contributed by atoms with Gasteiger partial charge in [-0.3, -0.25) is 19.2 Å². The zero-order chi connectivity index (χ0) is 23.1. The topological polar surface area (TPSA) is 144 Å². The third-order valence-electron chi connectivity index (χ3n) is 4.77. The second-order valence-corrected chi connectivity index (χ2v) is 7.01. The molecule has 0 saturated carbocycles. The average molecular weight is 430 g/mol. The normalized spacial score (nSPS) is 10.2. The molecule has 0 radical (unpaired) electrons. The lowest BCUT2D eigenvalue weighted by Crippen LogP contribution is -2.31. The number of hydrogen-bond donors (Lipinski definition) is 4. The van der Waals surface area contributed by atoms with E-state index in [-0.39, 0.29) is 35.3 Å². The van der Waals surface area contributed by atoms with E-state index in [1.807, 2.05) is 60.7 Å². The molecule has 8 nitrogen and oxygen atoms in total. The molecule has 162 valence electrons. The Kier molecular flexibility index (Phi) is 6.97. The van der Waals surface area contributed by atoms with Crippen LogP contribution in [0.2, 0.25) is 0 Å². The third kappa shape index (κ3) is 5.37. The quantitative estimate of drug-likeness (QED) is 0.431. The molecule has 0 bridgehead atoms. The van der Waals surface area contributed by atoms with Crippen LogP contribution in [-0.4, -0.2) is 23.6 Å². The second-order valence-electron chi connectivity index (χ2n) is 7.01. The Bertz CT molecular complexity index is 1070. The SMILES string of the molecule is NC(=O)c1cc(C(=O)NCc2ccccc2)c(C(=O)NCc2ccccc2)cc1C(N)=O. The second kappa shape index (κ2) is 10.0. The molecule has 0 saturated heterocycles. The van der Waals surface area contributed by atoms with Gasteiger partial charge in [0.15, 0.2) is 0 Å². The molecule has 0 heterocycles. The third-order valence-corrected chi connectivity index (χ3v) is 4.77. The van der Waals surface area contributed by atoms with Crippen molar-refractivity contribution in [3.63, 3.8) is 0 Å². The molecule has 3 aromatic carbocycles. The maximum absolute atomic E-state index is 12.9. The summed E-state index contributed by atoms with van der Waals surface area (Å²) in [5, 5.41) is 5.42. The van der Waals surface area contributed by atoms with Crippen LogP contribution in [0.1, 0.15) is 52.6 Å². The van der Waals surface area contributed by atoms with E-state index in [0.29, 0.717) is 0 Å². The molecule has 32 heavy (non-hydrogen) atoms. The predicted octanol–water partition coefficient (Wildman–Crippen LogP) is 1.74. The first-order valence-electron chi connectivity index (χ1n) is 9.78. The number of rotatable bonds is 8. The molecule has 0 spiro atoms. The zero-order valence-electron chi connectivity index (χ0n) is 17.1. The summed E-state index contributed by atoms with van der Waals surface area (Å²) < 4.78 is 0. The van der Waals surface area contributed by atoms with Crippen LogP contribution in [0, 0.1) is 0 Å². The first-order valence-corrected chi connectivity index (χ1v) is 9.78. The van der Waals surface area contributed by atoms with Crippen molar-refractivity contribution in [3.8, 4) is 0 Å². The van der Waals surface area contributed by atoms with Crippen LogP contribution in [0.25, 0.3) is 0 Å². The Balaban J connectivity index is 1.93. The molecule has 3 rings (SSSR count). The Morgan fingerprint density at radius 3 is 1.22 bits per heavy atom. The fourth-order valence-electron chi connectivity index (χ4n) is 3.13. The maximum atomic E-state index is 12.9. The van der Waals surface area contributed by atoms with Gasteiger partial charge in [0.1, 0.15) is 0 Å². The highest BCUT2D eigenvalue weighted by Gasteiger charge is 2.24. The molecule has 0 aliphatic rings. The van der Waals surface area contributed by atoms with Crippen LogP contribution in [0.15, 0.2) is 72.8 Å². The minimum atomic E-state index is -0.938. The van der Waals surface area contributed by atoms with Crippen molar-refractivity contribution < 1.29 is 19.2 Å². The number of nitrogens with two attached hydrogens (primary N) is 2. The summed E-state index contributed by atoms with van der Waals surface area (Å²) in [6.07, 6.45) is 0. The van der Waals surface area contributed by atoms with Crippen molar-refractivity contribution in [2.45, 2.75) is 13.1 Å². The Hall–Kier alpha value is -4.46. The van der Waals surface area contributed by atoms with Gasteiger partial charge in [-0.1, -0.05) is 60.7 Å². The minimum absolute atomic E-state index is 0.0923. The summed E-state index contributed by atoms with van der Waals surface area (Å²) in [6.45, 7) is 0.405. The Morgan fingerprint density at radius 2 is 0.906 bits per heavy atom. The van der Waals surface area contributed by atoms with E-state index in [9.17, 15) is 19.2 Å². The number of nitrogens with one attached hydrogen (secondary N) is 2. The standard InChI is InChI=1S/C24H22N4O4/c25-21(29)17-11-19(23(31)27-13-15-7-3-1-4-8-15)20(12-18(17)22(26)30)24(32)28-14-16-9-5-2-6-10-16/h1-12H,13-14H2,(H2,25,29)(H2,26,30)(H,27,31)(H,28,32). The monoisotopic (exact) mass is 430 g/mol. The van der Waals surface area contributed by atoms with Crippen LogP contribution in [0.5, 0.6) is 0 Å². The lowest BCUT2D eigenvalue weighted by Gasteiger charge is -2.14. The molecule has 8 heteroatoms. The highest BCUT2D eigenvalue weighted by Crippen LogP contribution is 2.18. The van der Waals surface area contributed by atoms with Gasteiger partial charge in [-0.25, -0.2) is 0 Å². The van der Waals surface area contributed by atoms with Gasteiger partial charge in [-0.05, 0) is 23.3 Å². The van der Waals surface area contributed by atoms with E-state index in [1.165, 1.54) is 0 Å². The van der Waals surface area contributed by atoms with E-state index in [4.69, 9.17) is 11.5 Å². The van der Waals surface area contributed by atoms with E-state index in [0.717, 1.165) is 23.3 Å². The number of carbonyl (C=O) groups excluding carboxylic acids is 4. The smallest absolute Gasteiger partial charge is 0.252 e. The van der Waals surface area contributed by atoms with Crippen molar-refractivity contribution in [3.05, 3.63) is 106 Å². The van der Waals surface area contributed by atoms with Crippen molar-refractivity contribution in [1.29, 1.82) is 0 Å². The van der Waals surface area contributed by atoms with Gasteiger partial charge < -0.3 is 22.1 Å². The largest absolute Gasteiger partial charge is 0.366 e. The summed E-state index contributed by atoms with van der Waals surface area (Å²) in [5.74, 6) is -3.08. The number of amides is 4. The summed E-state index contributed by atoms with van der Waals surface area (Å²) in [6, 6.07) is 20.6. The summed E-state index contributed by atoms with van der Waals surface area (Å²) in [4.78, 5) is 49.5. The van der Waals surface area contributed by atoms with Crippen LogP contribution in [0.3, 0.4) is 0 Å². The zero-order valence-corrected chi connectivity index (χ0v) is 17.1. The van der Waals surface area contributed by atoms with E-state index in [1.54, 1.807) is 0 Å². The van der Waals surface area contributed by atoms with Crippen molar-refractivity contribution in [2.24, 2.45) is 11.5 Å². The first kappa shape index (κ1) is 22.2. The lowest BCUT2D eigenvalue weighted by atomic mass is 9.96. The van der Waals surface area contributed by atoms with E-state index >= 15 is 0 Å². The van der Waals surface area contributed by atoms with Gasteiger partial charge in [0.2, 0.25) is 11.8 Å².